The van der Waals surface area contributed by atoms with Gasteiger partial charge in [-0.15, -0.1) is 0 Å². The Morgan fingerprint density at radius 3 is 2.24 bits per heavy atom. The van der Waals surface area contributed by atoms with Crippen LogP contribution in [0.5, 0.6) is 5.75 Å². The maximum Gasteiger partial charge on any atom is 0.257 e. The molecule has 0 aliphatic heterocycles. The minimum Gasteiger partial charge on any atom is -0.492 e. The van der Waals surface area contributed by atoms with Crippen LogP contribution in [0.25, 0.3) is 0 Å². The number of nitrogens with zero attached hydrogens (tertiary/aromatic N) is 2. The highest BCUT2D eigenvalue weighted by Crippen LogP contribution is 2.26. The summed E-state index contributed by atoms with van der Waals surface area (Å²) in [5.41, 5.74) is 2.84. The van der Waals surface area contributed by atoms with E-state index in [0.29, 0.717) is 47.0 Å². The lowest BCUT2D eigenvalue weighted by Crippen LogP contribution is -2.44. The van der Waals surface area contributed by atoms with Gasteiger partial charge in [-0.3, -0.25) is 10.1 Å². The molecular weight excluding hydrogens is 510 g/mol. The van der Waals surface area contributed by atoms with Crippen molar-refractivity contribution in [1.82, 2.24) is 10.2 Å². The van der Waals surface area contributed by atoms with E-state index in [-0.39, 0.29) is 5.91 Å². The lowest BCUT2D eigenvalue weighted by atomic mass is 10.1. The van der Waals surface area contributed by atoms with Gasteiger partial charge in [0.25, 0.3) is 5.91 Å². The van der Waals surface area contributed by atoms with E-state index >= 15 is 0 Å². The number of carbonyl (C=O) groups is 1. The Hall–Kier alpha value is -3.21. The molecule has 5 nitrogen and oxygen atoms in total. The number of halogens is 1. The Balaban J connectivity index is 1.56. The standard InChI is InChI=1S/C27H26BrN3O2S/c28-24-20-23(12-13-25(24)33-19-15-22-10-5-2-6-11-22)26(32)30-27(34)31(17-7-16-29)18-14-21-8-3-1-4-9-21/h1-6,8-13,20H,7,14-15,17-19H2,(H,30,32,34). The van der Waals surface area contributed by atoms with Gasteiger partial charge in [0.1, 0.15) is 5.75 Å². The molecule has 0 radical (unpaired) electrons. The third kappa shape index (κ3) is 7.98. The highest BCUT2D eigenvalue weighted by Gasteiger charge is 2.15. The molecule has 1 N–H and O–H groups in total. The molecule has 0 atom stereocenters. The van der Waals surface area contributed by atoms with Crippen LogP contribution in [0.4, 0.5) is 0 Å². The molecule has 34 heavy (non-hydrogen) atoms. The number of thiocarbonyl (C=S) groups is 1. The normalized spacial score (nSPS) is 10.2. The van der Waals surface area contributed by atoms with Crippen LogP contribution in [-0.2, 0) is 12.8 Å². The fourth-order valence-corrected chi connectivity index (χ4v) is 4.11. The molecule has 0 saturated carbocycles. The number of nitrogens with one attached hydrogen (secondary N) is 1. The van der Waals surface area contributed by atoms with Gasteiger partial charge in [-0.25, -0.2) is 0 Å². The van der Waals surface area contributed by atoms with E-state index in [4.69, 9.17) is 22.2 Å². The predicted octanol–water partition coefficient (Wildman–Crippen LogP) is 5.54. The van der Waals surface area contributed by atoms with Crippen molar-refractivity contribution in [3.05, 3.63) is 100 Å². The topological polar surface area (TPSA) is 65.4 Å². The summed E-state index contributed by atoms with van der Waals surface area (Å²) < 4.78 is 6.57. The first-order valence-corrected chi connectivity index (χ1v) is 12.2. The molecule has 3 aromatic carbocycles. The van der Waals surface area contributed by atoms with Gasteiger partial charge in [0.2, 0.25) is 0 Å². The van der Waals surface area contributed by atoms with E-state index in [9.17, 15) is 4.79 Å². The highest BCUT2D eigenvalue weighted by molar-refractivity contribution is 9.10. The molecule has 0 unspecified atom stereocenters. The molecule has 7 heteroatoms. The number of amides is 1. The Kier molecular flexibility index (Phi) is 10.1. The van der Waals surface area contributed by atoms with Gasteiger partial charge in [0.05, 0.1) is 23.6 Å². The van der Waals surface area contributed by atoms with Crippen molar-refractivity contribution in [3.63, 3.8) is 0 Å². The summed E-state index contributed by atoms with van der Waals surface area (Å²) in [5, 5.41) is 12.1. The molecule has 0 aliphatic carbocycles. The molecule has 0 spiro atoms. The monoisotopic (exact) mass is 535 g/mol. The maximum atomic E-state index is 12.8. The van der Waals surface area contributed by atoms with E-state index in [2.05, 4.69) is 39.4 Å². The van der Waals surface area contributed by atoms with Gasteiger partial charge in [0, 0.05) is 25.1 Å². The minimum absolute atomic E-state index is 0.303. The van der Waals surface area contributed by atoms with Crippen molar-refractivity contribution in [2.45, 2.75) is 19.3 Å². The van der Waals surface area contributed by atoms with E-state index in [1.165, 1.54) is 11.1 Å². The molecule has 1 amide bonds. The quantitative estimate of drug-likeness (QED) is 0.345. The van der Waals surface area contributed by atoms with Crippen molar-refractivity contribution in [1.29, 1.82) is 5.26 Å². The molecule has 3 rings (SSSR count). The minimum atomic E-state index is -0.303. The Morgan fingerprint density at radius 2 is 1.62 bits per heavy atom. The van der Waals surface area contributed by atoms with Crippen LogP contribution >= 0.6 is 28.1 Å². The molecule has 0 heterocycles. The number of rotatable bonds is 10. The Morgan fingerprint density at radius 1 is 0.971 bits per heavy atom. The number of hydrogen-bond acceptors (Lipinski definition) is 4. The fourth-order valence-electron chi connectivity index (χ4n) is 3.34. The summed E-state index contributed by atoms with van der Waals surface area (Å²) in [7, 11) is 0. The summed E-state index contributed by atoms with van der Waals surface area (Å²) in [6, 6.07) is 27.5. The zero-order valence-electron chi connectivity index (χ0n) is 18.7. The lowest BCUT2D eigenvalue weighted by Gasteiger charge is -2.24. The van der Waals surface area contributed by atoms with E-state index < -0.39 is 0 Å². The molecule has 0 fully saturated rings. The Bertz CT molecular complexity index is 1130. The summed E-state index contributed by atoms with van der Waals surface area (Å²) in [5.74, 6) is 0.372. The molecule has 0 saturated heterocycles. The first kappa shape index (κ1) is 25.4. The average Bonchev–Trinajstić information content (AvgIpc) is 2.86. The smallest absolute Gasteiger partial charge is 0.257 e. The molecule has 0 bridgehead atoms. The second-order valence-corrected chi connectivity index (χ2v) is 8.86. The van der Waals surface area contributed by atoms with Crippen molar-refractivity contribution in [3.8, 4) is 11.8 Å². The third-order valence-electron chi connectivity index (χ3n) is 5.20. The van der Waals surface area contributed by atoms with Crippen molar-refractivity contribution in [2.75, 3.05) is 19.7 Å². The summed E-state index contributed by atoms with van der Waals surface area (Å²) >= 11 is 8.99. The van der Waals surface area contributed by atoms with Gasteiger partial charge >= 0.3 is 0 Å². The molecule has 0 aliphatic rings. The number of nitriles is 1. The summed E-state index contributed by atoms with van der Waals surface area (Å²) in [6.45, 7) is 1.61. The van der Waals surface area contributed by atoms with E-state index in [1.807, 2.05) is 53.4 Å². The zero-order valence-corrected chi connectivity index (χ0v) is 21.1. The van der Waals surface area contributed by atoms with Crippen LogP contribution in [0.3, 0.4) is 0 Å². The van der Waals surface area contributed by atoms with Crippen LogP contribution in [-0.4, -0.2) is 35.6 Å². The highest BCUT2D eigenvalue weighted by atomic mass is 79.9. The summed E-state index contributed by atoms with van der Waals surface area (Å²) in [6.07, 6.45) is 1.89. The second kappa shape index (κ2) is 13.5. The molecular formula is C27H26BrN3O2S. The second-order valence-electron chi connectivity index (χ2n) is 7.62. The van der Waals surface area contributed by atoms with Crippen LogP contribution < -0.4 is 10.1 Å². The van der Waals surface area contributed by atoms with Crippen LogP contribution in [0.2, 0.25) is 0 Å². The third-order valence-corrected chi connectivity index (χ3v) is 6.18. The van der Waals surface area contributed by atoms with Crippen LogP contribution in [0.1, 0.15) is 27.9 Å². The zero-order chi connectivity index (χ0) is 24.2. The van der Waals surface area contributed by atoms with Gasteiger partial charge in [-0.05, 0) is 63.9 Å². The molecule has 3 aromatic rings. The number of carbonyl (C=O) groups excluding carboxylic acids is 1. The average molecular weight is 536 g/mol. The maximum absolute atomic E-state index is 12.8. The number of hydrogen-bond donors (Lipinski definition) is 1. The van der Waals surface area contributed by atoms with Crippen molar-refractivity contribution in [2.24, 2.45) is 0 Å². The molecule has 174 valence electrons. The molecule has 0 aromatic heterocycles. The number of benzene rings is 3. The first-order chi connectivity index (χ1) is 16.6. The van der Waals surface area contributed by atoms with Gasteiger partial charge in [-0.2, -0.15) is 5.26 Å². The fraction of sp³-hybridized carbons (Fsp3) is 0.222. The van der Waals surface area contributed by atoms with Crippen LogP contribution in [0.15, 0.2) is 83.3 Å². The number of ether oxygens (including phenoxy) is 1. The van der Waals surface area contributed by atoms with Crippen molar-refractivity contribution >= 4 is 39.2 Å². The summed E-state index contributed by atoms with van der Waals surface area (Å²) in [4.78, 5) is 14.7. The predicted molar refractivity (Wildman–Crippen MR) is 142 cm³/mol. The SMILES string of the molecule is N#CCCN(CCc1ccccc1)C(=S)NC(=O)c1ccc(OCCc2ccccc2)c(Br)c1. The largest absolute Gasteiger partial charge is 0.492 e. The van der Waals surface area contributed by atoms with Gasteiger partial charge in [-0.1, -0.05) is 60.7 Å². The first-order valence-electron chi connectivity index (χ1n) is 11.0. The lowest BCUT2D eigenvalue weighted by molar-refractivity contribution is 0.0973. The Labute approximate surface area is 214 Å². The van der Waals surface area contributed by atoms with Crippen LogP contribution in [0, 0.1) is 11.3 Å². The van der Waals surface area contributed by atoms with Crippen molar-refractivity contribution < 1.29 is 9.53 Å². The van der Waals surface area contributed by atoms with E-state index in [1.54, 1.807) is 18.2 Å². The van der Waals surface area contributed by atoms with E-state index in [0.717, 1.165) is 12.8 Å². The van der Waals surface area contributed by atoms with Gasteiger partial charge in [0.15, 0.2) is 5.11 Å². The van der Waals surface area contributed by atoms with Gasteiger partial charge < -0.3 is 9.64 Å².